The van der Waals surface area contributed by atoms with E-state index in [9.17, 15) is 0 Å². The summed E-state index contributed by atoms with van der Waals surface area (Å²) in [6, 6.07) is 6.05. The average Bonchev–Trinajstić information content (AvgIpc) is 2.72. The molecule has 1 atom stereocenters. The number of rotatable bonds is 6. The Balaban J connectivity index is 2.03. The molecule has 112 valence electrons. The van der Waals surface area contributed by atoms with Crippen LogP contribution in [0.2, 0.25) is 0 Å². The Morgan fingerprint density at radius 3 is 2.70 bits per heavy atom. The number of ether oxygens (including phenoxy) is 4. The van der Waals surface area contributed by atoms with Crippen molar-refractivity contribution >= 4 is 0 Å². The molecule has 1 aliphatic rings. The molecule has 0 fully saturated rings. The van der Waals surface area contributed by atoms with E-state index in [1.54, 1.807) is 14.2 Å². The molecule has 0 saturated heterocycles. The van der Waals surface area contributed by atoms with E-state index in [0.29, 0.717) is 19.8 Å². The van der Waals surface area contributed by atoms with Crippen LogP contribution in [-0.2, 0) is 16.0 Å². The summed E-state index contributed by atoms with van der Waals surface area (Å²) < 4.78 is 22.0. The molecule has 1 aliphatic heterocycles. The molecule has 1 heterocycles. The molecule has 5 heteroatoms. The maximum atomic E-state index is 5.80. The predicted octanol–water partition coefficient (Wildman–Crippen LogP) is 1.94. The zero-order valence-corrected chi connectivity index (χ0v) is 12.3. The first kappa shape index (κ1) is 15.1. The van der Waals surface area contributed by atoms with Gasteiger partial charge in [0, 0.05) is 32.7 Å². The zero-order valence-electron chi connectivity index (χ0n) is 12.3. The molecule has 1 aromatic carbocycles. The molecule has 0 aliphatic carbocycles. The Morgan fingerprint density at radius 2 is 1.95 bits per heavy atom. The van der Waals surface area contributed by atoms with Gasteiger partial charge in [-0.15, -0.1) is 0 Å². The number of nitrogens with one attached hydrogen (secondary N) is 1. The van der Waals surface area contributed by atoms with Crippen molar-refractivity contribution in [3.8, 4) is 11.5 Å². The van der Waals surface area contributed by atoms with Crippen LogP contribution in [-0.4, -0.2) is 39.8 Å². The van der Waals surface area contributed by atoms with Crippen molar-refractivity contribution in [2.75, 3.05) is 27.4 Å². The van der Waals surface area contributed by atoms with Crippen molar-refractivity contribution in [3.05, 3.63) is 23.8 Å². The van der Waals surface area contributed by atoms with Gasteiger partial charge in [-0.2, -0.15) is 0 Å². The van der Waals surface area contributed by atoms with Gasteiger partial charge in [-0.25, -0.2) is 0 Å². The molecule has 20 heavy (non-hydrogen) atoms. The van der Waals surface area contributed by atoms with Crippen LogP contribution in [0, 0.1) is 0 Å². The van der Waals surface area contributed by atoms with E-state index in [0.717, 1.165) is 23.5 Å². The number of benzene rings is 1. The van der Waals surface area contributed by atoms with E-state index in [2.05, 4.69) is 5.32 Å². The second-order valence-corrected chi connectivity index (χ2v) is 4.80. The van der Waals surface area contributed by atoms with Gasteiger partial charge in [0.05, 0.1) is 19.3 Å². The van der Waals surface area contributed by atoms with Crippen molar-refractivity contribution in [1.29, 1.82) is 0 Å². The molecule has 0 amide bonds. The van der Waals surface area contributed by atoms with E-state index in [-0.39, 0.29) is 12.3 Å². The van der Waals surface area contributed by atoms with Crippen LogP contribution in [0.3, 0.4) is 0 Å². The fourth-order valence-electron chi connectivity index (χ4n) is 2.26. The normalized spacial score (nSPS) is 16.0. The minimum Gasteiger partial charge on any atom is -0.490 e. The minimum atomic E-state index is -0.269. The van der Waals surface area contributed by atoms with Gasteiger partial charge in [0.15, 0.2) is 17.8 Å². The molecule has 2 rings (SSSR count). The van der Waals surface area contributed by atoms with Gasteiger partial charge in [-0.3, -0.25) is 0 Å². The molecule has 1 unspecified atom stereocenters. The third-order valence-corrected chi connectivity index (χ3v) is 3.34. The second kappa shape index (κ2) is 7.47. The molecule has 0 bridgehead atoms. The van der Waals surface area contributed by atoms with Gasteiger partial charge in [0.25, 0.3) is 0 Å². The Kier molecular flexibility index (Phi) is 5.64. The number of methoxy groups -OCH3 is 2. The fourth-order valence-corrected chi connectivity index (χ4v) is 2.26. The molecule has 5 nitrogen and oxygen atoms in total. The monoisotopic (exact) mass is 281 g/mol. The van der Waals surface area contributed by atoms with Gasteiger partial charge in [0.1, 0.15) is 0 Å². The fraction of sp³-hybridized carbons (Fsp3) is 0.600. The van der Waals surface area contributed by atoms with Crippen molar-refractivity contribution in [1.82, 2.24) is 5.32 Å². The first-order chi connectivity index (χ1) is 9.76. The summed E-state index contributed by atoms with van der Waals surface area (Å²) in [6.07, 6.45) is 0.641. The molecule has 1 N–H and O–H groups in total. The third-order valence-electron chi connectivity index (χ3n) is 3.34. The summed E-state index contributed by atoms with van der Waals surface area (Å²) >= 11 is 0. The first-order valence-corrected chi connectivity index (χ1v) is 6.92. The van der Waals surface area contributed by atoms with E-state index < -0.39 is 0 Å². The van der Waals surface area contributed by atoms with E-state index in [1.165, 1.54) is 0 Å². The molecular formula is C15H23NO4. The van der Waals surface area contributed by atoms with Gasteiger partial charge >= 0.3 is 0 Å². The summed E-state index contributed by atoms with van der Waals surface area (Å²) in [5.41, 5.74) is 1.09. The van der Waals surface area contributed by atoms with Crippen LogP contribution < -0.4 is 14.8 Å². The van der Waals surface area contributed by atoms with Gasteiger partial charge in [0.2, 0.25) is 0 Å². The van der Waals surface area contributed by atoms with E-state index in [4.69, 9.17) is 18.9 Å². The first-order valence-electron chi connectivity index (χ1n) is 6.92. The SMILES string of the molecule is COC(OC)C(C)NCc1cccc2c1OCCCO2. The summed E-state index contributed by atoms with van der Waals surface area (Å²) in [7, 11) is 3.27. The smallest absolute Gasteiger partial charge is 0.171 e. The molecule has 1 aromatic rings. The number of para-hydroxylation sites is 1. The number of hydrogen-bond donors (Lipinski definition) is 1. The molecule has 0 aromatic heterocycles. The lowest BCUT2D eigenvalue weighted by molar-refractivity contribution is -0.119. The summed E-state index contributed by atoms with van der Waals surface area (Å²) in [4.78, 5) is 0. The second-order valence-electron chi connectivity index (χ2n) is 4.80. The molecular weight excluding hydrogens is 258 g/mol. The lowest BCUT2D eigenvalue weighted by Gasteiger charge is -2.23. The highest BCUT2D eigenvalue weighted by molar-refractivity contribution is 5.47. The van der Waals surface area contributed by atoms with Crippen molar-refractivity contribution in [3.63, 3.8) is 0 Å². The van der Waals surface area contributed by atoms with Crippen LogP contribution in [0.5, 0.6) is 11.5 Å². The van der Waals surface area contributed by atoms with E-state index >= 15 is 0 Å². The lowest BCUT2D eigenvalue weighted by atomic mass is 10.1. The summed E-state index contributed by atoms with van der Waals surface area (Å²) in [5, 5.41) is 3.39. The van der Waals surface area contributed by atoms with Crippen LogP contribution in [0.15, 0.2) is 18.2 Å². The average molecular weight is 281 g/mol. The maximum Gasteiger partial charge on any atom is 0.171 e. The summed E-state index contributed by atoms with van der Waals surface area (Å²) in [6.45, 7) is 4.10. The van der Waals surface area contributed by atoms with Gasteiger partial charge in [-0.1, -0.05) is 12.1 Å². The number of hydrogen-bond acceptors (Lipinski definition) is 5. The van der Waals surface area contributed by atoms with Crippen molar-refractivity contribution in [2.24, 2.45) is 0 Å². The minimum absolute atomic E-state index is 0.0764. The summed E-state index contributed by atoms with van der Waals surface area (Å²) in [5.74, 6) is 1.67. The molecule has 0 spiro atoms. The zero-order chi connectivity index (χ0) is 14.4. The third kappa shape index (κ3) is 3.62. The van der Waals surface area contributed by atoms with E-state index in [1.807, 2.05) is 25.1 Å². The van der Waals surface area contributed by atoms with Gasteiger partial charge < -0.3 is 24.3 Å². The Bertz CT molecular complexity index is 420. The Morgan fingerprint density at radius 1 is 1.20 bits per heavy atom. The largest absolute Gasteiger partial charge is 0.490 e. The van der Waals surface area contributed by atoms with Crippen LogP contribution in [0.25, 0.3) is 0 Å². The number of fused-ring (bicyclic) bond motifs is 1. The Hall–Kier alpha value is -1.30. The highest BCUT2D eigenvalue weighted by Gasteiger charge is 2.18. The molecule has 0 radical (unpaired) electrons. The molecule has 0 saturated carbocycles. The predicted molar refractivity (Wildman–Crippen MR) is 76.2 cm³/mol. The van der Waals surface area contributed by atoms with Crippen LogP contribution in [0.4, 0.5) is 0 Å². The highest BCUT2D eigenvalue weighted by atomic mass is 16.7. The van der Waals surface area contributed by atoms with Crippen molar-refractivity contribution < 1.29 is 18.9 Å². The van der Waals surface area contributed by atoms with Crippen molar-refractivity contribution in [2.45, 2.75) is 32.2 Å². The van der Waals surface area contributed by atoms with Crippen LogP contribution >= 0.6 is 0 Å². The highest BCUT2D eigenvalue weighted by Crippen LogP contribution is 2.33. The quantitative estimate of drug-likeness (QED) is 0.808. The van der Waals surface area contributed by atoms with Gasteiger partial charge in [-0.05, 0) is 13.0 Å². The maximum absolute atomic E-state index is 5.80. The topological polar surface area (TPSA) is 49.0 Å². The van der Waals surface area contributed by atoms with Crippen LogP contribution in [0.1, 0.15) is 18.9 Å². The Labute approximate surface area is 120 Å². The lowest BCUT2D eigenvalue weighted by Crippen LogP contribution is -2.39. The standard InChI is InChI=1S/C15H23NO4/c1-11(15(17-2)18-3)16-10-12-6-4-7-13-14(12)20-9-5-8-19-13/h4,6-7,11,15-16H,5,8-10H2,1-3H3.